The molecule has 0 fully saturated rings. The lowest BCUT2D eigenvalue weighted by Crippen LogP contribution is -1.95. The molecule has 0 heteroatoms. The SMILES string of the molecule is C=Cc1cccc(-c2c3ccccc3c(-c3ccccc3)c3ccccc23)c1-c1cc2ccccc2cc1C. The Bertz CT molecular complexity index is 1970. The molecule has 0 N–H and O–H groups in total. The summed E-state index contributed by atoms with van der Waals surface area (Å²) >= 11 is 0. The molecular weight excluding hydrogens is 468 g/mol. The Morgan fingerprint density at radius 1 is 0.462 bits per heavy atom. The average molecular weight is 497 g/mol. The van der Waals surface area contributed by atoms with Crippen molar-refractivity contribution in [2.24, 2.45) is 0 Å². The number of hydrogen-bond acceptors (Lipinski definition) is 0. The highest BCUT2D eigenvalue weighted by Crippen LogP contribution is 2.47. The first-order valence-corrected chi connectivity index (χ1v) is 13.5. The first-order valence-electron chi connectivity index (χ1n) is 13.5. The number of fused-ring (bicyclic) bond motifs is 3. The van der Waals surface area contributed by atoms with Crippen molar-refractivity contribution < 1.29 is 0 Å². The molecule has 0 unspecified atom stereocenters. The molecule has 7 aromatic carbocycles. The predicted octanol–water partition coefficient (Wildman–Crippen LogP) is 11.1. The van der Waals surface area contributed by atoms with Crippen LogP contribution >= 0.6 is 0 Å². The van der Waals surface area contributed by atoms with Crippen molar-refractivity contribution in [3.05, 3.63) is 151 Å². The van der Waals surface area contributed by atoms with E-state index in [0.717, 1.165) is 5.56 Å². The largest absolute Gasteiger partial charge is 0.0984 e. The van der Waals surface area contributed by atoms with Crippen LogP contribution in [0.5, 0.6) is 0 Å². The van der Waals surface area contributed by atoms with Gasteiger partial charge in [-0.3, -0.25) is 0 Å². The zero-order chi connectivity index (χ0) is 26.3. The summed E-state index contributed by atoms with van der Waals surface area (Å²) < 4.78 is 0. The van der Waals surface area contributed by atoms with E-state index < -0.39 is 0 Å². The summed E-state index contributed by atoms with van der Waals surface area (Å²) in [6.45, 7) is 6.44. The summed E-state index contributed by atoms with van der Waals surface area (Å²) in [6, 6.07) is 48.4. The highest BCUT2D eigenvalue weighted by molar-refractivity contribution is 6.22. The van der Waals surface area contributed by atoms with Crippen LogP contribution < -0.4 is 0 Å². The minimum Gasteiger partial charge on any atom is -0.0984 e. The van der Waals surface area contributed by atoms with Crippen LogP contribution in [-0.4, -0.2) is 0 Å². The van der Waals surface area contributed by atoms with E-state index in [1.807, 2.05) is 6.08 Å². The van der Waals surface area contributed by atoms with Crippen LogP contribution in [0.3, 0.4) is 0 Å². The molecule has 0 nitrogen and oxygen atoms in total. The lowest BCUT2D eigenvalue weighted by Gasteiger charge is -2.21. The average Bonchev–Trinajstić information content (AvgIpc) is 2.99. The van der Waals surface area contributed by atoms with E-state index in [1.165, 1.54) is 71.3 Å². The molecule has 0 aliphatic carbocycles. The van der Waals surface area contributed by atoms with Gasteiger partial charge in [-0.1, -0.05) is 140 Å². The van der Waals surface area contributed by atoms with E-state index in [0.29, 0.717) is 0 Å². The summed E-state index contributed by atoms with van der Waals surface area (Å²) in [5.74, 6) is 0. The number of benzene rings is 7. The van der Waals surface area contributed by atoms with Crippen molar-refractivity contribution in [3.8, 4) is 33.4 Å². The Labute approximate surface area is 229 Å². The molecule has 7 rings (SSSR count). The fourth-order valence-corrected chi connectivity index (χ4v) is 6.21. The topological polar surface area (TPSA) is 0 Å². The Morgan fingerprint density at radius 3 is 1.62 bits per heavy atom. The molecule has 7 aromatic rings. The van der Waals surface area contributed by atoms with Gasteiger partial charge >= 0.3 is 0 Å². The quantitative estimate of drug-likeness (QED) is 0.213. The normalized spacial score (nSPS) is 11.3. The van der Waals surface area contributed by atoms with Crippen molar-refractivity contribution >= 4 is 38.4 Å². The highest BCUT2D eigenvalue weighted by Gasteiger charge is 2.20. The lowest BCUT2D eigenvalue weighted by atomic mass is 9.81. The van der Waals surface area contributed by atoms with Crippen molar-refractivity contribution in [1.82, 2.24) is 0 Å². The van der Waals surface area contributed by atoms with Gasteiger partial charge in [0.2, 0.25) is 0 Å². The van der Waals surface area contributed by atoms with Crippen molar-refractivity contribution in [1.29, 1.82) is 0 Å². The second-order valence-electron chi connectivity index (χ2n) is 10.2. The maximum absolute atomic E-state index is 4.22. The van der Waals surface area contributed by atoms with E-state index in [4.69, 9.17) is 0 Å². The molecule has 0 aliphatic rings. The third kappa shape index (κ3) is 3.76. The number of aryl methyl sites for hydroxylation is 1. The molecule has 0 heterocycles. The second-order valence-corrected chi connectivity index (χ2v) is 10.2. The second kappa shape index (κ2) is 9.42. The fourth-order valence-electron chi connectivity index (χ4n) is 6.21. The minimum absolute atomic E-state index is 1.14. The van der Waals surface area contributed by atoms with Crippen LogP contribution in [0.4, 0.5) is 0 Å². The smallest absolute Gasteiger partial charge is 0.00199 e. The monoisotopic (exact) mass is 496 g/mol. The molecule has 0 bridgehead atoms. The Balaban J connectivity index is 1.65. The van der Waals surface area contributed by atoms with Gasteiger partial charge in [-0.25, -0.2) is 0 Å². The molecule has 39 heavy (non-hydrogen) atoms. The van der Waals surface area contributed by atoms with Crippen LogP contribution in [0.25, 0.3) is 71.8 Å². The Kier molecular flexibility index (Phi) is 5.60. The van der Waals surface area contributed by atoms with Gasteiger partial charge in [0, 0.05) is 0 Å². The first kappa shape index (κ1) is 23.2. The molecular formula is C39H28. The van der Waals surface area contributed by atoms with Gasteiger partial charge in [0.25, 0.3) is 0 Å². The molecule has 0 saturated carbocycles. The third-order valence-electron chi connectivity index (χ3n) is 7.94. The molecule has 184 valence electrons. The van der Waals surface area contributed by atoms with E-state index in [1.54, 1.807) is 0 Å². The van der Waals surface area contributed by atoms with Gasteiger partial charge in [0.15, 0.2) is 0 Å². The Morgan fingerprint density at radius 2 is 1.00 bits per heavy atom. The number of rotatable bonds is 4. The van der Waals surface area contributed by atoms with Gasteiger partial charge < -0.3 is 0 Å². The fraction of sp³-hybridized carbons (Fsp3) is 0.0256. The molecule has 0 aromatic heterocycles. The summed E-state index contributed by atoms with van der Waals surface area (Å²) in [7, 11) is 0. The van der Waals surface area contributed by atoms with Crippen LogP contribution in [0.15, 0.2) is 140 Å². The molecule has 0 spiro atoms. The van der Waals surface area contributed by atoms with Gasteiger partial charge in [0.05, 0.1) is 0 Å². The summed E-state index contributed by atoms with van der Waals surface area (Å²) in [4.78, 5) is 0. The van der Waals surface area contributed by atoms with Gasteiger partial charge in [-0.05, 0) is 89.8 Å². The molecule has 0 atom stereocenters. The summed E-state index contributed by atoms with van der Waals surface area (Å²) in [5.41, 5.74) is 9.92. The van der Waals surface area contributed by atoms with Crippen molar-refractivity contribution in [2.75, 3.05) is 0 Å². The maximum atomic E-state index is 4.22. The van der Waals surface area contributed by atoms with E-state index in [-0.39, 0.29) is 0 Å². The van der Waals surface area contributed by atoms with E-state index in [2.05, 4.69) is 147 Å². The van der Waals surface area contributed by atoms with Crippen LogP contribution in [0.1, 0.15) is 11.1 Å². The molecule has 0 radical (unpaired) electrons. The van der Waals surface area contributed by atoms with Gasteiger partial charge in [-0.15, -0.1) is 0 Å². The number of hydrogen-bond donors (Lipinski definition) is 0. The van der Waals surface area contributed by atoms with Crippen LogP contribution in [-0.2, 0) is 0 Å². The molecule has 0 aliphatic heterocycles. The Hall–Kier alpha value is -4.94. The van der Waals surface area contributed by atoms with Gasteiger partial charge in [0.1, 0.15) is 0 Å². The van der Waals surface area contributed by atoms with Crippen LogP contribution in [0.2, 0.25) is 0 Å². The minimum atomic E-state index is 1.14. The summed E-state index contributed by atoms with van der Waals surface area (Å²) in [5, 5.41) is 7.56. The van der Waals surface area contributed by atoms with Gasteiger partial charge in [-0.2, -0.15) is 0 Å². The van der Waals surface area contributed by atoms with Crippen molar-refractivity contribution in [2.45, 2.75) is 6.92 Å². The highest BCUT2D eigenvalue weighted by atomic mass is 14.2. The zero-order valence-corrected chi connectivity index (χ0v) is 22.0. The summed E-state index contributed by atoms with van der Waals surface area (Å²) in [6.07, 6.45) is 2.00. The van der Waals surface area contributed by atoms with Crippen molar-refractivity contribution in [3.63, 3.8) is 0 Å². The van der Waals surface area contributed by atoms with Crippen LogP contribution in [0, 0.1) is 6.92 Å². The maximum Gasteiger partial charge on any atom is -0.00199 e. The lowest BCUT2D eigenvalue weighted by molar-refractivity contribution is 1.48. The van der Waals surface area contributed by atoms with E-state index >= 15 is 0 Å². The third-order valence-corrected chi connectivity index (χ3v) is 7.94. The first-order chi connectivity index (χ1) is 19.2. The standard InChI is InChI=1S/C39H28/c1-3-27-18-13-23-35(37(27)36-25-30-17-8-7-16-29(30)24-26(36)2)39-33-21-11-9-19-31(33)38(28-14-5-4-6-15-28)32-20-10-12-22-34(32)39/h3-25H,1H2,2H3. The molecule has 0 amide bonds. The van der Waals surface area contributed by atoms with E-state index in [9.17, 15) is 0 Å². The molecule has 0 saturated heterocycles. The zero-order valence-electron chi connectivity index (χ0n) is 22.0. The predicted molar refractivity (Wildman–Crippen MR) is 170 cm³/mol.